The van der Waals surface area contributed by atoms with Crippen molar-refractivity contribution in [1.82, 2.24) is 9.21 Å². The first-order valence-corrected chi connectivity index (χ1v) is 14.0. The summed E-state index contributed by atoms with van der Waals surface area (Å²) in [6.45, 7) is 4.91. The summed E-state index contributed by atoms with van der Waals surface area (Å²) >= 11 is 6.12. The lowest BCUT2D eigenvalue weighted by Gasteiger charge is -2.36. The van der Waals surface area contributed by atoms with Crippen LogP contribution in [-0.4, -0.2) is 64.6 Å². The van der Waals surface area contributed by atoms with Crippen molar-refractivity contribution in [3.8, 4) is 11.5 Å². The van der Waals surface area contributed by atoms with Gasteiger partial charge in [-0.15, -0.1) is 0 Å². The molecule has 1 unspecified atom stereocenters. The molecule has 1 atom stereocenters. The third-order valence-corrected chi connectivity index (χ3v) is 8.69. The summed E-state index contributed by atoms with van der Waals surface area (Å²) in [6.07, 6.45) is -0.205. The number of benzene rings is 3. The third-order valence-electron chi connectivity index (χ3n) is 6.52. The van der Waals surface area contributed by atoms with Crippen LogP contribution in [0.4, 0.5) is 0 Å². The quantitative estimate of drug-likeness (QED) is 0.360. The molecule has 0 N–H and O–H groups in total. The number of halogens is 1. The Morgan fingerprint density at radius 2 is 1.65 bits per heavy atom. The molecule has 37 heavy (non-hydrogen) atoms. The molecule has 1 aliphatic rings. The average Bonchev–Trinajstić information content (AvgIpc) is 2.92. The van der Waals surface area contributed by atoms with Gasteiger partial charge in [0.15, 0.2) is 0 Å². The molecule has 4 rings (SSSR count). The van der Waals surface area contributed by atoms with E-state index in [2.05, 4.69) is 4.90 Å². The smallest absolute Gasteiger partial charge is 0.246 e. The molecule has 7 nitrogen and oxygen atoms in total. The zero-order chi connectivity index (χ0) is 26.4. The van der Waals surface area contributed by atoms with E-state index in [4.69, 9.17) is 25.8 Å². The largest absolute Gasteiger partial charge is 0.497 e. The molecule has 0 radical (unpaired) electrons. The van der Waals surface area contributed by atoms with Gasteiger partial charge in [0.05, 0.1) is 26.9 Å². The number of rotatable bonds is 10. The van der Waals surface area contributed by atoms with E-state index in [9.17, 15) is 8.42 Å². The minimum atomic E-state index is -3.67. The van der Waals surface area contributed by atoms with Crippen molar-refractivity contribution in [3.63, 3.8) is 0 Å². The minimum absolute atomic E-state index is 0.205. The SMILES string of the molecule is COc1cccc(COC(CN2CCN(S(=O)(=O)c3cc(C)ccc3OC)CC2)c2ccc(Cl)cc2)c1. The summed E-state index contributed by atoms with van der Waals surface area (Å²) in [4.78, 5) is 2.45. The lowest BCUT2D eigenvalue weighted by molar-refractivity contribution is 0.00767. The van der Waals surface area contributed by atoms with Gasteiger partial charge in [0.2, 0.25) is 10.0 Å². The fourth-order valence-corrected chi connectivity index (χ4v) is 6.19. The molecule has 0 bridgehead atoms. The van der Waals surface area contributed by atoms with E-state index in [1.165, 1.54) is 11.4 Å². The van der Waals surface area contributed by atoms with Crippen LogP contribution in [0.2, 0.25) is 5.02 Å². The predicted molar refractivity (Wildman–Crippen MR) is 145 cm³/mol. The van der Waals surface area contributed by atoms with E-state index in [1.54, 1.807) is 19.2 Å². The maximum Gasteiger partial charge on any atom is 0.246 e. The zero-order valence-corrected chi connectivity index (χ0v) is 23.0. The highest BCUT2D eigenvalue weighted by molar-refractivity contribution is 7.89. The van der Waals surface area contributed by atoms with E-state index in [-0.39, 0.29) is 11.0 Å². The number of hydrogen-bond acceptors (Lipinski definition) is 6. The minimum Gasteiger partial charge on any atom is -0.497 e. The van der Waals surface area contributed by atoms with Gasteiger partial charge in [-0.3, -0.25) is 4.90 Å². The Morgan fingerprint density at radius 3 is 2.32 bits per heavy atom. The molecule has 0 amide bonds. The molecule has 3 aromatic rings. The Labute approximate surface area is 224 Å². The van der Waals surface area contributed by atoms with E-state index >= 15 is 0 Å². The van der Waals surface area contributed by atoms with Crippen LogP contribution in [0.15, 0.2) is 71.6 Å². The first-order chi connectivity index (χ1) is 17.8. The van der Waals surface area contributed by atoms with Gasteiger partial charge in [-0.2, -0.15) is 4.31 Å². The number of piperazine rings is 1. The van der Waals surface area contributed by atoms with Crippen molar-refractivity contribution < 1.29 is 22.6 Å². The van der Waals surface area contributed by atoms with E-state index in [0.717, 1.165) is 22.4 Å². The van der Waals surface area contributed by atoms with E-state index < -0.39 is 10.0 Å². The molecule has 1 aliphatic heterocycles. The second-order valence-electron chi connectivity index (χ2n) is 9.06. The molecule has 3 aromatic carbocycles. The van der Waals surface area contributed by atoms with Crippen LogP contribution in [-0.2, 0) is 21.4 Å². The van der Waals surface area contributed by atoms with Gasteiger partial charge in [-0.1, -0.05) is 41.9 Å². The summed E-state index contributed by atoms with van der Waals surface area (Å²) < 4.78 is 45.4. The normalized spacial score (nSPS) is 15.9. The number of ether oxygens (including phenoxy) is 3. The molecule has 0 spiro atoms. The maximum atomic E-state index is 13.4. The second kappa shape index (κ2) is 12.3. The molecule has 1 heterocycles. The van der Waals surface area contributed by atoms with E-state index in [0.29, 0.717) is 50.1 Å². The fraction of sp³-hybridized carbons (Fsp3) is 0.357. The van der Waals surface area contributed by atoms with Gasteiger partial charge in [0.1, 0.15) is 16.4 Å². The lowest BCUT2D eigenvalue weighted by atomic mass is 10.1. The molecule has 0 aliphatic carbocycles. The molecular weight excluding hydrogens is 512 g/mol. The van der Waals surface area contributed by atoms with E-state index in [1.807, 2.05) is 61.5 Å². The van der Waals surface area contributed by atoms with Crippen molar-refractivity contribution in [1.29, 1.82) is 0 Å². The summed E-state index contributed by atoms with van der Waals surface area (Å²) in [5, 5.41) is 0.667. The second-order valence-corrected chi connectivity index (χ2v) is 11.4. The lowest BCUT2D eigenvalue weighted by Crippen LogP contribution is -2.49. The monoisotopic (exact) mass is 544 g/mol. The van der Waals surface area contributed by atoms with Crippen LogP contribution < -0.4 is 9.47 Å². The molecule has 0 saturated carbocycles. The molecule has 0 aromatic heterocycles. The fourth-order valence-electron chi connectivity index (χ4n) is 4.40. The summed E-state index contributed by atoms with van der Waals surface area (Å²) in [7, 11) is -0.531. The Bertz CT molecular complexity index is 1290. The summed E-state index contributed by atoms with van der Waals surface area (Å²) in [5.74, 6) is 1.15. The molecule has 1 fully saturated rings. The Hall–Kier alpha value is -2.62. The van der Waals surface area contributed by atoms with Crippen molar-refractivity contribution >= 4 is 21.6 Å². The number of sulfonamides is 1. The highest BCUT2D eigenvalue weighted by Crippen LogP contribution is 2.29. The Balaban J connectivity index is 1.44. The van der Waals surface area contributed by atoms with Crippen LogP contribution >= 0.6 is 11.6 Å². The molecule has 9 heteroatoms. The Morgan fingerprint density at radius 1 is 0.919 bits per heavy atom. The topological polar surface area (TPSA) is 68.3 Å². The molecule has 198 valence electrons. The first-order valence-electron chi connectivity index (χ1n) is 12.2. The standard InChI is InChI=1S/C28H33ClN2O5S/c1-21-7-12-26(35-3)28(17-21)37(32,33)31-15-13-30(14-16-31)19-27(23-8-10-24(29)11-9-23)36-20-22-5-4-6-25(18-22)34-2/h4-12,17-18,27H,13-16,19-20H2,1-3H3. The van der Waals surface area contributed by atoms with Crippen LogP contribution in [0.25, 0.3) is 0 Å². The van der Waals surface area contributed by atoms with Crippen LogP contribution in [0.1, 0.15) is 22.8 Å². The van der Waals surface area contributed by atoms with Crippen molar-refractivity contribution in [2.24, 2.45) is 0 Å². The van der Waals surface area contributed by atoms with Crippen LogP contribution in [0.3, 0.4) is 0 Å². The highest BCUT2D eigenvalue weighted by atomic mass is 35.5. The third kappa shape index (κ3) is 6.83. The highest BCUT2D eigenvalue weighted by Gasteiger charge is 2.32. The number of aryl methyl sites for hydroxylation is 1. The number of nitrogens with zero attached hydrogens (tertiary/aromatic N) is 2. The molecular formula is C28H33ClN2O5S. The molecule has 1 saturated heterocycles. The van der Waals surface area contributed by atoms with Gasteiger partial charge in [-0.05, 0) is 60.0 Å². The van der Waals surface area contributed by atoms with Gasteiger partial charge < -0.3 is 14.2 Å². The van der Waals surface area contributed by atoms with Gasteiger partial charge in [0, 0.05) is 37.7 Å². The number of hydrogen-bond donors (Lipinski definition) is 0. The summed E-state index contributed by atoms with van der Waals surface area (Å²) in [5.41, 5.74) is 2.91. The summed E-state index contributed by atoms with van der Waals surface area (Å²) in [6, 6.07) is 20.7. The Kier molecular flexibility index (Phi) is 9.10. The van der Waals surface area contributed by atoms with Crippen molar-refractivity contribution in [2.45, 2.75) is 24.5 Å². The van der Waals surface area contributed by atoms with Crippen molar-refractivity contribution in [3.05, 3.63) is 88.4 Å². The zero-order valence-electron chi connectivity index (χ0n) is 21.4. The first kappa shape index (κ1) is 27.4. The van der Waals surface area contributed by atoms with Crippen LogP contribution in [0.5, 0.6) is 11.5 Å². The maximum absolute atomic E-state index is 13.4. The van der Waals surface area contributed by atoms with Crippen molar-refractivity contribution in [2.75, 3.05) is 46.9 Å². The predicted octanol–water partition coefficient (Wildman–Crippen LogP) is 4.93. The van der Waals surface area contributed by atoms with Gasteiger partial charge in [-0.25, -0.2) is 8.42 Å². The van der Waals surface area contributed by atoms with Crippen LogP contribution in [0, 0.1) is 6.92 Å². The average molecular weight is 545 g/mol. The van der Waals surface area contributed by atoms with Gasteiger partial charge in [0.25, 0.3) is 0 Å². The number of methoxy groups -OCH3 is 2. The van der Waals surface area contributed by atoms with Gasteiger partial charge >= 0.3 is 0 Å².